The van der Waals surface area contributed by atoms with Crippen LogP contribution >= 0.6 is 11.6 Å². The lowest BCUT2D eigenvalue weighted by Crippen LogP contribution is -2.34. The number of nitrogens with zero attached hydrogens (tertiary/aromatic N) is 6. The molecule has 0 aliphatic heterocycles. The van der Waals surface area contributed by atoms with Gasteiger partial charge in [-0.2, -0.15) is 0 Å². The molecule has 1 amide bonds. The van der Waals surface area contributed by atoms with Gasteiger partial charge >= 0.3 is 5.91 Å². The Balaban J connectivity index is 1.82. The maximum atomic E-state index is 13.3. The summed E-state index contributed by atoms with van der Waals surface area (Å²) < 4.78 is 45.4. The topological polar surface area (TPSA) is 160 Å². The summed E-state index contributed by atoms with van der Waals surface area (Å²) in [6.07, 6.45) is 2.50. The Morgan fingerprint density at radius 3 is 2.32 bits per heavy atom. The van der Waals surface area contributed by atoms with Crippen molar-refractivity contribution in [2.45, 2.75) is 12.7 Å². The zero-order chi connectivity index (χ0) is 27.3. The molecule has 4 aromatic rings. The average Bonchev–Trinajstić information content (AvgIpc) is 3.34. The van der Waals surface area contributed by atoms with Crippen LogP contribution in [0.2, 0.25) is 5.02 Å². The molecule has 0 saturated heterocycles. The van der Waals surface area contributed by atoms with Crippen molar-refractivity contribution in [3.05, 3.63) is 65.5 Å². The van der Waals surface area contributed by atoms with E-state index in [0.29, 0.717) is 29.7 Å². The minimum atomic E-state index is -4.24. The number of amides is 1. The van der Waals surface area contributed by atoms with Crippen LogP contribution in [0.1, 0.15) is 23.4 Å². The zero-order valence-corrected chi connectivity index (χ0v) is 22.0. The van der Waals surface area contributed by atoms with Crippen LogP contribution in [0, 0.1) is 0 Å². The van der Waals surface area contributed by atoms with Gasteiger partial charge in [0.15, 0.2) is 5.82 Å². The van der Waals surface area contributed by atoms with E-state index in [1.54, 1.807) is 36.4 Å². The second-order valence-corrected chi connectivity index (χ2v) is 9.65. The zero-order valence-electron chi connectivity index (χ0n) is 20.5. The van der Waals surface area contributed by atoms with Crippen LogP contribution in [-0.2, 0) is 15.8 Å². The molecule has 15 heteroatoms. The summed E-state index contributed by atoms with van der Waals surface area (Å²) in [5.74, 6) is -1.12. The van der Waals surface area contributed by atoms with Crippen molar-refractivity contribution in [2.24, 2.45) is 0 Å². The summed E-state index contributed by atoms with van der Waals surface area (Å²) in [6, 6.07) is 9.97. The Kier molecular flexibility index (Phi) is 8.02. The molecule has 38 heavy (non-hydrogen) atoms. The Hall–Kier alpha value is -4.30. The first-order valence-corrected chi connectivity index (χ1v) is 13.1. The number of hydrogen-bond donors (Lipinski definition) is 1. The van der Waals surface area contributed by atoms with Crippen LogP contribution in [0.25, 0.3) is 17.2 Å². The Morgan fingerprint density at radius 2 is 1.68 bits per heavy atom. The third-order valence-corrected chi connectivity index (χ3v) is 6.31. The summed E-state index contributed by atoms with van der Waals surface area (Å²) in [5, 5.41) is 8.38. The number of ether oxygens (including phenoxy) is 3. The van der Waals surface area contributed by atoms with Gasteiger partial charge in [0.05, 0.1) is 25.8 Å². The van der Waals surface area contributed by atoms with Gasteiger partial charge in [-0.3, -0.25) is 9.36 Å². The van der Waals surface area contributed by atoms with Gasteiger partial charge < -0.3 is 14.2 Å². The second-order valence-electron chi connectivity index (χ2n) is 7.50. The maximum absolute atomic E-state index is 13.3. The van der Waals surface area contributed by atoms with Crippen molar-refractivity contribution in [2.75, 3.05) is 20.8 Å². The fourth-order valence-corrected chi connectivity index (χ4v) is 4.47. The van der Waals surface area contributed by atoms with E-state index in [4.69, 9.17) is 25.8 Å². The molecule has 1 N–H and O–H groups in total. The van der Waals surface area contributed by atoms with Crippen LogP contribution in [-0.4, -0.2) is 64.9 Å². The van der Waals surface area contributed by atoms with Gasteiger partial charge in [-0.05, 0) is 25.1 Å². The quantitative estimate of drug-likeness (QED) is 0.304. The Morgan fingerprint density at radius 1 is 1.03 bits per heavy atom. The molecule has 198 valence electrons. The van der Waals surface area contributed by atoms with Crippen molar-refractivity contribution >= 4 is 27.5 Å². The fourth-order valence-electron chi connectivity index (χ4n) is 3.44. The van der Waals surface area contributed by atoms with Crippen molar-refractivity contribution in [1.29, 1.82) is 0 Å². The van der Waals surface area contributed by atoms with E-state index < -0.39 is 21.7 Å². The highest BCUT2D eigenvalue weighted by atomic mass is 35.5. The minimum Gasteiger partial charge on any atom is -0.494 e. The highest BCUT2D eigenvalue weighted by Crippen LogP contribution is 2.36. The highest BCUT2D eigenvalue weighted by Gasteiger charge is 2.29. The summed E-state index contributed by atoms with van der Waals surface area (Å²) in [6.45, 7) is 2.20. The number of rotatable bonds is 10. The summed E-state index contributed by atoms with van der Waals surface area (Å²) in [5.41, 5.74) is 0.553. The monoisotopic (exact) mass is 559 g/mol. The molecule has 13 nitrogen and oxygen atoms in total. The summed E-state index contributed by atoms with van der Waals surface area (Å²) >= 11 is 5.76. The summed E-state index contributed by atoms with van der Waals surface area (Å²) in [4.78, 5) is 25.5. The van der Waals surface area contributed by atoms with Gasteiger partial charge in [0, 0.05) is 18.5 Å². The predicted octanol–water partition coefficient (Wildman–Crippen LogP) is 2.45. The lowest BCUT2D eigenvalue weighted by Gasteiger charge is -2.17. The molecule has 4 rings (SSSR count). The Labute approximate surface area is 222 Å². The molecule has 0 unspecified atom stereocenters. The number of methoxy groups -OCH3 is 2. The van der Waals surface area contributed by atoms with E-state index in [9.17, 15) is 13.2 Å². The predicted molar refractivity (Wildman–Crippen MR) is 136 cm³/mol. The number of carbonyl (C=O) groups excluding carboxylic acids is 1. The maximum Gasteiger partial charge on any atom is 0.303 e. The molecule has 3 heterocycles. The largest absolute Gasteiger partial charge is 0.494 e. The van der Waals surface area contributed by atoms with Crippen LogP contribution in [0.3, 0.4) is 0 Å². The van der Waals surface area contributed by atoms with E-state index in [0.717, 1.165) is 0 Å². The van der Waals surface area contributed by atoms with E-state index in [-0.39, 0.29) is 28.2 Å². The van der Waals surface area contributed by atoms with Crippen molar-refractivity contribution < 1.29 is 27.4 Å². The molecule has 3 aromatic heterocycles. The number of pyridine rings is 1. The number of hydrogen-bond acceptors (Lipinski definition) is 11. The molecule has 0 bridgehead atoms. The van der Waals surface area contributed by atoms with Gasteiger partial charge in [-0.15, -0.1) is 10.2 Å². The van der Waals surface area contributed by atoms with Crippen molar-refractivity contribution in [3.8, 4) is 34.6 Å². The third kappa shape index (κ3) is 5.81. The molecule has 0 aliphatic rings. The fraction of sp³-hybridized carbons (Fsp3) is 0.217. The van der Waals surface area contributed by atoms with E-state index in [1.807, 2.05) is 11.6 Å². The van der Waals surface area contributed by atoms with Gasteiger partial charge in [0.25, 0.3) is 0 Å². The van der Waals surface area contributed by atoms with Gasteiger partial charge in [-0.25, -0.2) is 28.1 Å². The molecular formula is C23H22ClN7O6S. The van der Waals surface area contributed by atoms with Crippen LogP contribution < -0.4 is 18.9 Å². The first kappa shape index (κ1) is 26.8. The molecule has 0 fully saturated rings. The van der Waals surface area contributed by atoms with Gasteiger partial charge in [-0.1, -0.05) is 23.7 Å². The number of aromatic nitrogens is 6. The molecular weight excluding hydrogens is 538 g/mol. The first-order chi connectivity index (χ1) is 18.3. The van der Waals surface area contributed by atoms with E-state index >= 15 is 0 Å². The SMILES string of the molecule is CCOc1cccc(-c2nnc(C(=O)NS(=O)(=O)Cc3ncc(Cl)cn3)n2-c2c(OC)cccc2OC)n1. The smallest absolute Gasteiger partial charge is 0.303 e. The van der Waals surface area contributed by atoms with Crippen molar-refractivity contribution in [1.82, 2.24) is 34.4 Å². The van der Waals surface area contributed by atoms with E-state index in [2.05, 4.69) is 25.1 Å². The number of halogens is 1. The molecule has 0 spiro atoms. The van der Waals surface area contributed by atoms with Crippen LogP contribution in [0.5, 0.6) is 17.4 Å². The van der Waals surface area contributed by atoms with Crippen LogP contribution in [0.15, 0.2) is 48.8 Å². The van der Waals surface area contributed by atoms with Gasteiger partial charge in [0.2, 0.25) is 21.7 Å². The molecule has 1 aromatic carbocycles. The van der Waals surface area contributed by atoms with Gasteiger partial charge in [0.1, 0.15) is 34.5 Å². The average molecular weight is 560 g/mol. The molecule has 0 atom stereocenters. The number of sulfonamides is 1. The number of nitrogens with one attached hydrogen (secondary N) is 1. The lowest BCUT2D eigenvalue weighted by molar-refractivity contribution is 0.0969. The molecule has 0 radical (unpaired) electrons. The van der Waals surface area contributed by atoms with E-state index in [1.165, 1.54) is 31.2 Å². The normalized spacial score (nSPS) is 11.2. The minimum absolute atomic E-state index is 0.0554. The van der Waals surface area contributed by atoms with Crippen LogP contribution in [0.4, 0.5) is 0 Å². The lowest BCUT2D eigenvalue weighted by atomic mass is 10.2. The number of para-hydroxylation sites is 1. The Bertz CT molecular complexity index is 1540. The number of carbonyl (C=O) groups is 1. The third-order valence-electron chi connectivity index (χ3n) is 4.98. The van der Waals surface area contributed by atoms with Crippen molar-refractivity contribution in [3.63, 3.8) is 0 Å². The number of benzene rings is 1. The molecule has 0 aliphatic carbocycles. The first-order valence-electron chi connectivity index (χ1n) is 11.0. The second kappa shape index (κ2) is 11.4. The highest BCUT2D eigenvalue weighted by molar-refractivity contribution is 7.89. The summed E-state index contributed by atoms with van der Waals surface area (Å²) in [7, 11) is -1.37. The molecule has 0 saturated carbocycles. The standard InChI is InChI=1S/C23H22ClN7O6S/c1-4-37-19-10-5-7-15(27-19)21-28-29-22(31(21)20-16(35-2)8-6-9-17(20)36-3)23(32)30-38(33,34)13-18-25-11-14(24)12-26-18/h5-12H,4,13H2,1-3H3,(H,30,32).